The lowest BCUT2D eigenvalue weighted by atomic mass is 9.72. The van der Waals surface area contributed by atoms with Gasteiger partial charge in [0.05, 0.1) is 0 Å². The third-order valence-corrected chi connectivity index (χ3v) is 13.4. The van der Waals surface area contributed by atoms with Gasteiger partial charge in [-0.25, -0.2) is 0 Å². The molecule has 2 aliphatic rings. The zero-order chi connectivity index (χ0) is 38.2. The number of rotatable bonds is 3. The van der Waals surface area contributed by atoms with Crippen LogP contribution in [0.4, 0.5) is 0 Å². The standard InChI is InChI=1S/C56H40O/c1-55(2)44-26-16-15-25-41(44)49-50-43-31-35(33-17-7-5-8-18-33)28-30-46(43)57-54(50)51-42-29-27-36(32-45(42)56(3,4)53(51)52(49)55)48-39-23-13-11-21-37(39)47(34-19-9-6-10-20-34)38-22-12-14-24-40(38)48/h5-32H,1-4H3. The molecule has 0 unspecified atom stereocenters. The SMILES string of the molecule is CC1(C)c2cc(-c3c4ccccc4c(-c4ccccc4)c4ccccc34)ccc2-c2c1c1c(c3c2oc2ccc(-c4ccccc4)cc23)-c2ccccc2C1(C)C. The van der Waals surface area contributed by atoms with E-state index in [2.05, 4.69) is 198 Å². The number of furan rings is 1. The summed E-state index contributed by atoms with van der Waals surface area (Å²) in [7, 11) is 0. The molecule has 0 N–H and O–H groups in total. The molecule has 0 saturated heterocycles. The predicted octanol–water partition coefficient (Wildman–Crippen LogP) is 15.5. The number of hydrogen-bond acceptors (Lipinski definition) is 1. The van der Waals surface area contributed by atoms with Crippen molar-refractivity contribution in [2.75, 3.05) is 0 Å². The van der Waals surface area contributed by atoms with E-state index in [4.69, 9.17) is 4.42 Å². The first-order valence-corrected chi connectivity index (χ1v) is 20.2. The Balaban J connectivity index is 1.17. The van der Waals surface area contributed by atoms with Gasteiger partial charge in [0.1, 0.15) is 11.2 Å². The summed E-state index contributed by atoms with van der Waals surface area (Å²) in [6.07, 6.45) is 0. The Labute approximate surface area is 332 Å². The molecule has 0 saturated carbocycles. The van der Waals surface area contributed by atoms with E-state index < -0.39 is 0 Å². The van der Waals surface area contributed by atoms with Crippen LogP contribution in [0, 0.1) is 0 Å². The maximum atomic E-state index is 7.13. The van der Waals surface area contributed by atoms with Gasteiger partial charge in [-0.2, -0.15) is 0 Å². The molecule has 1 heteroatoms. The van der Waals surface area contributed by atoms with Crippen LogP contribution in [0.1, 0.15) is 49.9 Å². The maximum absolute atomic E-state index is 7.13. The first kappa shape index (κ1) is 32.5. The van der Waals surface area contributed by atoms with Crippen molar-refractivity contribution in [3.05, 3.63) is 192 Å². The van der Waals surface area contributed by atoms with E-state index >= 15 is 0 Å². The van der Waals surface area contributed by atoms with Crippen LogP contribution in [0.5, 0.6) is 0 Å². The second kappa shape index (κ2) is 11.4. The lowest BCUT2D eigenvalue weighted by Crippen LogP contribution is -2.24. The van der Waals surface area contributed by atoms with Crippen LogP contribution in [-0.4, -0.2) is 0 Å². The highest BCUT2D eigenvalue weighted by molar-refractivity contribution is 6.23. The van der Waals surface area contributed by atoms with Gasteiger partial charge in [0, 0.05) is 27.2 Å². The van der Waals surface area contributed by atoms with Gasteiger partial charge >= 0.3 is 0 Å². The quantitative estimate of drug-likeness (QED) is 0.165. The fourth-order valence-corrected chi connectivity index (χ4v) is 10.9. The summed E-state index contributed by atoms with van der Waals surface area (Å²) in [5, 5.41) is 7.51. The highest BCUT2D eigenvalue weighted by atomic mass is 16.3. The molecule has 57 heavy (non-hydrogen) atoms. The molecule has 12 rings (SSSR count). The zero-order valence-corrected chi connectivity index (χ0v) is 32.6. The van der Waals surface area contributed by atoms with Crippen LogP contribution >= 0.6 is 0 Å². The molecule has 0 fully saturated rings. The van der Waals surface area contributed by atoms with Crippen molar-refractivity contribution in [3.63, 3.8) is 0 Å². The van der Waals surface area contributed by atoms with Crippen LogP contribution in [0.2, 0.25) is 0 Å². The molecule has 1 aromatic heterocycles. The summed E-state index contributed by atoms with van der Waals surface area (Å²) >= 11 is 0. The lowest BCUT2D eigenvalue weighted by molar-refractivity contribution is 0.600. The van der Waals surface area contributed by atoms with Gasteiger partial charge in [-0.05, 0) is 112 Å². The minimum atomic E-state index is -0.290. The average molecular weight is 729 g/mol. The van der Waals surface area contributed by atoms with Gasteiger partial charge in [-0.3, -0.25) is 0 Å². The second-order valence-electron chi connectivity index (χ2n) is 17.1. The van der Waals surface area contributed by atoms with Crippen LogP contribution in [-0.2, 0) is 10.8 Å². The van der Waals surface area contributed by atoms with Gasteiger partial charge in [0.25, 0.3) is 0 Å². The summed E-state index contributed by atoms with van der Waals surface area (Å²) in [6, 6.07) is 62.6. The van der Waals surface area contributed by atoms with Crippen molar-refractivity contribution < 1.29 is 4.42 Å². The Hall–Kier alpha value is -6.70. The molecule has 1 heterocycles. The van der Waals surface area contributed by atoms with Gasteiger partial charge in [0.2, 0.25) is 0 Å². The van der Waals surface area contributed by atoms with Crippen molar-refractivity contribution in [3.8, 4) is 55.6 Å². The molecule has 0 aliphatic heterocycles. The van der Waals surface area contributed by atoms with Gasteiger partial charge in [-0.15, -0.1) is 0 Å². The van der Waals surface area contributed by atoms with Crippen LogP contribution in [0.3, 0.4) is 0 Å². The number of fused-ring (bicyclic) bond motifs is 14. The normalized spacial score (nSPS) is 14.6. The predicted molar refractivity (Wildman–Crippen MR) is 240 cm³/mol. The summed E-state index contributed by atoms with van der Waals surface area (Å²) in [6.45, 7) is 9.74. The Morgan fingerprint density at radius 3 is 1.53 bits per heavy atom. The first-order valence-electron chi connectivity index (χ1n) is 20.2. The minimum Gasteiger partial charge on any atom is -0.455 e. The number of hydrogen-bond donors (Lipinski definition) is 0. The summed E-state index contributed by atoms with van der Waals surface area (Å²) in [4.78, 5) is 0. The van der Waals surface area contributed by atoms with E-state index in [0.29, 0.717) is 0 Å². The zero-order valence-electron chi connectivity index (χ0n) is 32.6. The molecular formula is C56H40O. The Bertz CT molecular complexity index is 3270. The third-order valence-electron chi connectivity index (χ3n) is 13.4. The van der Waals surface area contributed by atoms with E-state index in [1.54, 1.807) is 0 Å². The molecule has 1 nitrogen and oxygen atoms in total. The second-order valence-corrected chi connectivity index (χ2v) is 17.1. The summed E-state index contributed by atoms with van der Waals surface area (Å²) in [5.41, 5.74) is 19.7. The average Bonchev–Trinajstić information content (AvgIpc) is 3.82. The smallest absolute Gasteiger partial charge is 0.144 e. The highest BCUT2D eigenvalue weighted by Gasteiger charge is 2.48. The lowest BCUT2D eigenvalue weighted by Gasteiger charge is -2.31. The molecular weight excluding hydrogens is 689 g/mol. The Morgan fingerprint density at radius 2 is 0.860 bits per heavy atom. The molecule has 9 aromatic carbocycles. The fourth-order valence-electron chi connectivity index (χ4n) is 10.9. The van der Waals surface area contributed by atoms with Crippen LogP contribution < -0.4 is 0 Å². The molecule has 10 aromatic rings. The van der Waals surface area contributed by atoms with Crippen molar-refractivity contribution >= 4 is 43.5 Å². The van der Waals surface area contributed by atoms with E-state index in [1.165, 1.54) is 110 Å². The fraction of sp³-hybridized carbons (Fsp3) is 0.107. The van der Waals surface area contributed by atoms with Crippen LogP contribution in [0.15, 0.2) is 174 Å². The molecule has 2 aliphatic carbocycles. The monoisotopic (exact) mass is 728 g/mol. The van der Waals surface area contributed by atoms with Crippen LogP contribution in [0.25, 0.3) is 99.1 Å². The topological polar surface area (TPSA) is 13.1 Å². The summed E-state index contributed by atoms with van der Waals surface area (Å²) in [5.74, 6) is 0. The van der Waals surface area contributed by atoms with E-state index in [1.807, 2.05) is 0 Å². The highest BCUT2D eigenvalue weighted by Crippen LogP contribution is 2.63. The van der Waals surface area contributed by atoms with Crippen molar-refractivity contribution in [2.24, 2.45) is 0 Å². The first-order chi connectivity index (χ1) is 27.8. The Kier molecular flexibility index (Phi) is 6.53. The van der Waals surface area contributed by atoms with Gasteiger partial charge < -0.3 is 4.42 Å². The Morgan fingerprint density at radius 1 is 0.351 bits per heavy atom. The molecule has 0 radical (unpaired) electrons. The molecule has 0 bridgehead atoms. The van der Waals surface area contributed by atoms with E-state index in [0.717, 1.165) is 11.2 Å². The number of benzene rings is 9. The maximum Gasteiger partial charge on any atom is 0.144 e. The summed E-state index contributed by atoms with van der Waals surface area (Å²) < 4.78 is 7.13. The van der Waals surface area contributed by atoms with Crippen molar-refractivity contribution in [2.45, 2.75) is 38.5 Å². The van der Waals surface area contributed by atoms with Gasteiger partial charge in [0.15, 0.2) is 0 Å². The minimum absolute atomic E-state index is 0.202. The molecule has 270 valence electrons. The largest absolute Gasteiger partial charge is 0.455 e. The third kappa shape index (κ3) is 4.29. The molecule has 0 amide bonds. The van der Waals surface area contributed by atoms with E-state index in [-0.39, 0.29) is 10.8 Å². The van der Waals surface area contributed by atoms with Gasteiger partial charge in [-0.1, -0.05) is 179 Å². The molecule has 0 spiro atoms. The van der Waals surface area contributed by atoms with Crippen molar-refractivity contribution in [1.82, 2.24) is 0 Å². The molecule has 0 atom stereocenters. The van der Waals surface area contributed by atoms with Crippen molar-refractivity contribution in [1.29, 1.82) is 0 Å². The van der Waals surface area contributed by atoms with E-state index in [9.17, 15) is 0 Å².